The number of pyridine rings is 1. The third-order valence-corrected chi connectivity index (χ3v) is 3.33. The Labute approximate surface area is 95.1 Å². The second kappa shape index (κ2) is 5.36. The van der Waals surface area contributed by atoms with Gasteiger partial charge in [0.05, 0.1) is 17.1 Å². The van der Waals surface area contributed by atoms with Gasteiger partial charge >= 0.3 is 5.97 Å². The van der Waals surface area contributed by atoms with Gasteiger partial charge in [-0.2, -0.15) is 0 Å². The second-order valence-electron chi connectivity index (χ2n) is 2.71. The molecule has 1 aromatic rings. The van der Waals surface area contributed by atoms with Crippen LogP contribution in [0.2, 0.25) is 0 Å². The predicted molar refractivity (Wildman–Crippen MR) is 59.7 cm³/mol. The number of nitrogens with zero attached hydrogens (tertiary/aromatic N) is 1. The maximum Gasteiger partial charge on any atom is 0.304 e. The van der Waals surface area contributed by atoms with Crippen LogP contribution in [-0.2, 0) is 4.79 Å². The van der Waals surface area contributed by atoms with E-state index in [2.05, 4.69) is 20.9 Å². The van der Waals surface area contributed by atoms with Crippen molar-refractivity contribution in [2.45, 2.75) is 18.4 Å². The number of rotatable bonds is 4. The van der Waals surface area contributed by atoms with Crippen molar-refractivity contribution >= 4 is 33.7 Å². The van der Waals surface area contributed by atoms with Gasteiger partial charge in [-0.15, -0.1) is 11.8 Å². The van der Waals surface area contributed by atoms with Crippen molar-refractivity contribution in [2.24, 2.45) is 0 Å². The number of hydrogen-bond donors (Lipinski definition) is 1. The van der Waals surface area contributed by atoms with Crippen molar-refractivity contribution in [1.82, 2.24) is 4.98 Å². The molecule has 0 aromatic carbocycles. The minimum atomic E-state index is -0.772. The zero-order valence-corrected chi connectivity index (χ0v) is 10.1. The molecule has 3 nitrogen and oxygen atoms in total. The Bertz CT molecular complexity index is 344. The van der Waals surface area contributed by atoms with Gasteiger partial charge in [0.15, 0.2) is 0 Å². The lowest BCUT2D eigenvalue weighted by atomic mass is 10.4. The summed E-state index contributed by atoms with van der Waals surface area (Å²) in [5.41, 5.74) is 0.922. The molecule has 0 aliphatic carbocycles. The summed E-state index contributed by atoms with van der Waals surface area (Å²) in [4.78, 5) is 14.6. The molecule has 0 radical (unpaired) electrons. The first-order valence-electron chi connectivity index (χ1n) is 4.07. The molecule has 0 amide bonds. The monoisotopic (exact) mass is 275 g/mol. The van der Waals surface area contributed by atoms with Gasteiger partial charge in [0.25, 0.3) is 0 Å². The minimum absolute atomic E-state index is 0.168. The first kappa shape index (κ1) is 11.5. The summed E-state index contributed by atoms with van der Waals surface area (Å²) in [6.45, 7) is 1.91. The fourth-order valence-corrected chi connectivity index (χ4v) is 1.92. The number of carboxylic acids is 1. The van der Waals surface area contributed by atoms with Gasteiger partial charge in [0.1, 0.15) is 0 Å². The molecule has 76 valence electrons. The van der Waals surface area contributed by atoms with E-state index in [1.54, 1.807) is 0 Å². The topological polar surface area (TPSA) is 50.2 Å². The van der Waals surface area contributed by atoms with Gasteiger partial charge in [-0.3, -0.25) is 4.79 Å². The third kappa shape index (κ3) is 3.67. The van der Waals surface area contributed by atoms with Crippen molar-refractivity contribution in [3.05, 3.63) is 22.3 Å². The molecule has 0 saturated carbocycles. The largest absolute Gasteiger partial charge is 0.481 e. The highest BCUT2D eigenvalue weighted by Crippen LogP contribution is 2.21. The number of hydrogen-bond acceptors (Lipinski definition) is 3. The van der Waals surface area contributed by atoms with Crippen molar-refractivity contribution in [3.63, 3.8) is 0 Å². The molecule has 0 aliphatic heterocycles. The average molecular weight is 276 g/mol. The summed E-state index contributed by atoms with van der Waals surface area (Å²) in [6.07, 6.45) is 0.168. The van der Waals surface area contributed by atoms with Crippen LogP contribution in [0.25, 0.3) is 0 Å². The van der Waals surface area contributed by atoms with Crippen molar-refractivity contribution in [1.29, 1.82) is 0 Å². The lowest BCUT2D eigenvalue weighted by Gasteiger charge is -2.01. The normalized spacial score (nSPS) is 10.1. The Morgan fingerprint density at radius 1 is 1.64 bits per heavy atom. The van der Waals surface area contributed by atoms with E-state index >= 15 is 0 Å². The minimum Gasteiger partial charge on any atom is -0.481 e. The van der Waals surface area contributed by atoms with E-state index in [9.17, 15) is 4.79 Å². The van der Waals surface area contributed by atoms with Crippen molar-refractivity contribution in [2.75, 3.05) is 5.75 Å². The number of aliphatic carboxylic acids is 1. The maximum atomic E-state index is 10.3. The Morgan fingerprint density at radius 3 is 2.93 bits per heavy atom. The van der Waals surface area contributed by atoms with Gasteiger partial charge in [-0.05, 0) is 35.0 Å². The Hall–Kier alpha value is -0.550. The lowest BCUT2D eigenvalue weighted by Crippen LogP contribution is -1.96. The highest BCUT2D eigenvalue weighted by molar-refractivity contribution is 9.10. The van der Waals surface area contributed by atoms with E-state index in [1.165, 1.54) is 11.8 Å². The van der Waals surface area contributed by atoms with Crippen LogP contribution < -0.4 is 0 Å². The van der Waals surface area contributed by atoms with Crippen LogP contribution in [0.5, 0.6) is 0 Å². The zero-order valence-electron chi connectivity index (χ0n) is 7.66. The molecule has 0 atom stereocenters. The standard InChI is InChI=1S/C9H10BrNO2S/c1-6-7(10)2-3-8(11-6)14-5-4-9(12)13/h2-3H,4-5H2,1H3,(H,12,13). The third-order valence-electron chi connectivity index (χ3n) is 1.56. The molecule has 5 heteroatoms. The van der Waals surface area contributed by atoms with Gasteiger partial charge < -0.3 is 5.11 Å². The first-order valence-corrected chi connectivity index (χ1v) is 5.85. The van der Waals surface area contributed by atoms with E-state index in [1.807, 2.05) is 19.1 Å². The summed E-state index contributed by atoms with van der Waals surface area (Å²) in [6, 6.07) is 3.80. The molecule has 0 saturated heterocycles. The quantitative estimate of drug-likeness (QED) is 0.859. The summed E-state index contributed by atoms with van der Waals surface area (Å²) < 4.78 is 0.972. The van der Waals surface area contributed by atoms with Crippen LogP contribution in [0.3, 0.4) is 0 Å². The van der Waals surface area contributed by atoms with E-state index < -0.39 is 5.97 Å². The zero-order chi connectivity index (χ0) is 10.6. The van der Waals surface area contributed by atoms with Crippen LogP contribution in [0, 0.1) is 6.92 Å². The molecule has 1 N–H and O–H groups in total. The van der Waals surface area contributed by atoms with Crippen LogP contribution in [0.4, 0.5) is 0 Å². The molecule has 0 aliphatic rings. The lowest BCUT2D eigenvalue weighted by molar-refractivity contribution is -0.136. The number of halogens is 1. The van der Waals surface area contributed by atoms with Gasteiger partial charge in [-0.25, -0.2) is 4.98 Å². The summed E-state index contributed by atoms with van der Waals surface area (Å²) >= 11 is 4.81. The highest BCUT2D eigenvalue weighted by atomic mass is 79.9. The molecule has 14 heavy (non-hydrogen) atoms. The van der Waals surface area contributed by atoms with Gasteiger partial charge in [0, 0.05) is 10.2 Å². The number of carboxylic acid groups (broad SMARTS) is 1. The molecule has 1 rings (SSSR count). The van der Waals surface area contributed by atoms with Crippen molar-refractivity contribution < 1.29 is 9.90 Å². The van der Waals surface area contributed by atoms with E-state index in [-0.39, 0.29) is 6.42 Å². The number of aromatic nitrogens is 1. The number of thioether (sulfide) groups is 1. The maximum absolute atomic E-state index is 10.3. The van der Waals surface area contributed by atoms with Crippen LogP contribution in [0.15, 0.2) is 21.6 Å². The Kier molecular flexibility index (Phi) is 4.41. The predicted octanol–water partition coefficient (Wildman–Crippen LogP) is 2.72. The molecule has 1 heterocycles. The van der Waals surface area contributed by atoms with Crippen LogP contribution in [0.1, 0.15) is 12.1 Å². The molecular weight excluding hydrogens is 266 g/mol. The summed E-state index contributed by atoms with van der Waals surface area (Å²) in [5.74, 6) is -0.213. The van der Waals surface area contributed by atoms with Crippen LogP contribution >= 0.6 is 27.7 Å². The Balaban J connectivity index is 2.51. The molecule has 0 bridgehead atoms. The second-order valence-corrected chi connectivity index (χ2v) is 4.68. The fourth-order valence-electron chi connectivity index (χ4n) is 0.844. The molecule has 0 spiro atoms. The van der Waals surface area contributed by atoms with Gasteiger partial charge in [0.2, 0.25) is 0 Å². The fraction of sp³-hybridized carbons (Fsp3) is 0.333. The summed E-state index contributed by atoms with van der Waals surface area (Å²) in [7, 11) is 0. The Morgan fingerprint density at radius 2 is 2.36 bits per heavy atom. The van der Waals surface area contributed by atoms with Gasteiger partial charge in [-0.1, -0.05) is 0 Å². The molecule has 0 fully saturated rings. The average Bonchev–Trinajstić information content (AvgIpc) is 2.10. The van der Waals surface area contributed by atoms with E-state index in [4.69, 9.17) is 5.11 Å². The van der Waals surface area contributed by atoms with Crippen LogP contribution in [-0.4, -0.2) is 21.8 Å². The smallest absolute Gasteiger partial charge is 0.304 e. The number of carbonyl (C=O) groups is 1. The molecular formula is C9H10BrNO2S. The first-order chi connectivity index (χ1) is 6.59. The molecule has 0 unspecified atom stereocenters. The van der Waals surface area contributed by atoms with E-state index in [0.717, 1.165) is 15.2 Å². The van der Waals surface area contributed by atoms with E-state index in [0.29, 0.717) is 5.75 Å². The summed E-state index contributed by atoms with van der Waals surface area (Å²) in [5, 5.41) is 9.32. The highest BCUT2D eigenvalue weighted by Gasteiger charge is 2.01. The SMILES string of the molecule is Cc1nc(SCCC(=O)O)ccc1Br. The molecule has 1 aromatic heterocycles. The van der Waals surface area contributed by atoms with Crippen molar-refractivity contribution in [3.8, 4) is 0 Å². The number of aryl methyl sites for hydroxylation is 1.